The molecule has 3 heteroatoms. The topological polar surface area (TPSA) is 46.5 Å². The Balaban J connectivity index is 1.95. The molecule has 0 aromatic carbocycles. The molecule has 1 rings (SSSR count). The number of carbonyl (C=O) groups excluding carboxylic acids is 1. The van der Waals surface area contributed by atoms with E-state index in [9.17, 15) is 9.90 Å². The Bertz CT molecular complexity index is 240. The van der Waals surface area contributed by atoms with Crippen LogP contribution in [0.1, 0.15) is 84.0 Å². The van der Waals surface area contributed by atoms with Gasteiger partial charge in [-0.3, -0.25) is 4.79 Å². The van der Waals surface area contributed by atoms with Crippen LogP contribution < -0.4 is 0 Å². The van der Waals surface area contributed by atoms with E-state index >= 15 is 0 Å². The zero-order valence-electron chi connectivity index (χ0n) is 12.4. The van der Waals surface area contributed by atoms with E-state index in [1.165, 1.54) is 44.9 Å². The molecule has 2 atom stereocenters. The predicted molar refractivity (Wildman–Crippen MR) is 77.0 cm³/mol. The molecule has 1 aliphatic rings. The van der Waals surface area contributed by atoms with Gasteiger partial charge in [0.15, 0.2) is 0 Å². The van der Waals surface area contributed by atoms with Gasteiger partial charge < -0.3 is 9.84 Å². The normalized spacial score (nSPS) is 21.2. The van der Waals surface area contributed by atoms with E-state index in [0.29, 0.717) is 6.42 Å². The Morgan fingerprint density at radius 1 is 1.16 bits per heavy atom. The van der Waals surface area contributed by atoms with E-state index in [4.69, 9.17) is 4.74 Å². The monoisotopic (exact) mass is 270 g/mol. The summed E-state index contributed by atoms with van der Waals surface area (Å²) in [5.74, 6) is -0.147. The summed E-state index contributed by atoms with van der Waals surface area (Å²) in [6.45, 7) is 2.24. The molecule has 1 N–H and O–H groups in total. The van der Waals surface area contributed by atoms with E-state index in [-0.39, 0.29) is 12.1 Å². The van der Waals surface area contributed by atoms with Crippen LogP contribution in [-0.2, 0) is 9.53 Å². The van der Waals surface area contributed by atoms with Crippen LogP contribution in [0.15, 0.2) is 0 Å². The van der Waals surface area contributed by atoms with Crippen molar-refractivity contribution in [2.24, 2.45) is 0 Å². The van der Waals surface area contributed by atoms with E-state index in [1.807, 2.05) is 0 Å². The number of cyclic esters (lactones) is 1. The summed E-state index contributed by atoms with van der Waals surface area (Å²) in [6, 6.07) is 0. The molecule has 0 unspecified atom stereocenters. The van der Waals surface area contributed by atoms with Crippen LogP contribution in [0.5, 0.6) is 0 Å². The van der Waals surface area contributed by atoms with Crippen LogP contribution in [0.2, 0.25) is 0 Å². The number of carbonyl (C=O) groups is 1. The average molecular weight is 270 g/mol. The summed E-state index contributed by atoms with van der Waals surface area (Å²) in [7, 11) is 0. The van der Waals surface area contributed by atoms with E-state index < -0.39 is 6.10 Å². The zero-order chi connectivity index (χ0) is 13.9. The van der Waals surface area contributed by atoms with E-state index in [2.05, 4.69) is 6.92 Å². The van der Waals surface area contributed by atoms with Gasteiger partial charge in [0.25, 0.3) is 0 Å². The SMILES string of the molecule is CCCCCCCCCC[C@H](O)[C@@H]1CCCC(=O)O1. The number of unbranched alkanes of at least 4 members (excludes halogenated alkanes) is 7. The second-order valence-corrected chi connectivity index (χ2v) is 5.75. The van der Waals surface area contributed by atoms with Crippen LogP contribution >= 0.6 is 0 Å². The highest BCUT2D eigenvalue weighted by Crippen LogP contribution is 2.20. The van der Waals surface area contributed by atoms with Gasteiger partial charge in [-0.25, -0.2) is 0 Å². The van der Waals surface area contributed by atoms with Crippen LogP contribution in [0.25, 0.3) is 0 Å². The summed E-state index contributed by atoms with van der Waals surface area (Å²) in [5.41, 5.74) is 0. The Morgan fingerprint density at radius 2 is 1.79 bits per heavy atom. The first kappa shape index (κ1) is 16.5. The number of aliphatic hydroxyl groups excluding tert-OH is 1. The molecule has 0 aromatic rings. The predicted octanol–water partition coefficient (Wildman–Crippen LogP) is 3.97. The molecule has 0 radical (unpaired) electrons. The molecule has 0 aromatic heterocycles. The van der Waals surface area contributed by atoms with Gasteiger partial charge in [-0.2, -0.15) is 0 Å². The number of hydrogen-bond acceptors (Lipinski definition) is 3. The summed E-state index contributed by atoms with van der Waals surface area (Å²) in [4.78, 5) is 11.1. The van der Waals surface area contributed by atoms with E-state index in [1.54, 1.807) is 0 Å². The van der Waals surface area contributed by atoms with Crippen LogP contribution in [0.4, 0.5) is 0 Å². The molecule has 0 amide bonds. The van der Waals surface area contributed by atoms with Crippen LogP contribution in [0.3, 0.4) is 0 Å². The lowest BCUT2D eigenvalue weighted by Gasteiger charge is -2.26. The minimum absolute atomic E-state index is 0.147. The first-order chi connectivity index (χ1) is 9.24. The van der Waals surface area contributed by atoms with Crippen LogP contribution in [-0.4, -0.2) is 23.3 Å². The van der Waals surface area contributed by atoms with Gasteiger partial charge in [-0.05, 0) is 19.3 Å². The number of rotatable bonds is 10. The van der Waals surface area contributed by atoms with Gasteiger partial charge in [-0.15, -0.1) is 0 Å². The number of hydrogen-bond donors (Lipinski definition) is 1. The largest absolute Gasteiger partial charge is 0.460 e. The second-order valence-electron chi connectivity index (χ2n) is 5.75. The van der Waals surface area contributed by atoms with Gasteiger partial charge in [0, 0.05) is 6.42 Å². The van der Waals surface area contributed by atoms with E-state index in [0.717, 1.165) is 25.7 Å². The van der Waals surface area contributed by atoms with Crippen molar-refractivity contribution >= 4 is 5.97 Å². The van der Waals surface area contributed by atoms with Crippen molar-refractivity contribution in [3.8, 4) is 0 Å². The number of ether oxygens (including phenoxy) is 1. The Labute approximate surface area is 117 Å². The molecular weight excluding hydrogens is 240 g/mol. The lowest BCUT2D eigenvalue weighted by molar-refractivity contribution is -0.161. The van der Waals surface area contributed by atoms with Gasteiger partial charge in [-0.1, -0.05) is 58.3 Å². The summed E-state index contributed by atoms with van der Waals surface area (Å²) >= 11 is 0. The Morgan fingerprint density at radius 3 is 2.42 bits per heavy atom. The molecule has 0 spiro atoms. The van der Waals surface area contributed by atoms with Crippen molar-refractivity contribution in [3.63, 3.8) is 0 Å². The molecule has 1 aliphatic heterocycles. The molecule has 19 heavy (non-hydrogen) atoms. The van der Waals surface area contributed by atoms with Crippen molar-refractivity contribution < 1.29 is 14.6 Å². The smallest absolute Gasteiger partial charge is 0.306 e. The molecule has 0 aliphatic carbocycles. The lowest BCUT2D eigenvalue weighted by atomic mass is 9.99. The summed E-state index contributed by atoms with van der Waals surface area (Å²) < 4.78 is 5.18. The van der Waals surface area contributed by atoms with Crippen molar-refractivity contribution in [2.45, 2.75) is 96.2 Å². The molecule has 1 saturated heterocycles. The fraction of sp³-hybridized carbons (Fsp3) is 0.938. The van der Waals surface area contributed by atoms with Crippen LogP contribution in [0, 0.1) is 0 Å². The maximum absolute atomic E-state index is 11.1. The van der Waals surface area contributed by atoms with Gasteiger partial charge in [0.1, 0.15) is 6.10 Å². The minimum Gasteiger partial charge on any atom is -0.460 e. The zero-order valence-corrected chi connectivity index (χ0v) is 12.4. The first-order valence-corrected chi connectivity index (χ1v) is 8.11. The minimum atomic E-state index is -0.454. The Hall–Kier alpha value is -0.570. The molecular formula is C16H30O3. The van der Waals surface area contributed by atoms with Crippen molar-refractivity contribution in [3.05, 3.63) is 0 Å². The molecule has 0 saturated carbocycles. The van der Waals surface area contributed by atoms with Crippen molar-refractivity contribution in [1.82, 2.24) is 0 Å². The molecule has 1 heterocycles. The van der Waals surface area contributed by atoms with Gasteiger partial charge in [0.2, 0.25) is 0 Å². The molecule has 0 bridgehead atoms. The number of aliphatic hydroxyl groups is 1. The highest BCUT2D eigenvalue weighted by Gasteiger charge is 2.26. The number of esters is 1. The highest BCUT2D eigenvalue weighted by molar-refractivity contribution is 5.70. The third kappa shape index (κ3) is 7.56. The lowest BCUT2D eigenvalue weighted by Crippen LogP contribution is -2.34. The third-order valence-corrected chi connectivity index (χ3v) is 3.93. The van der Waals surface area contributed by atoms with Gasteiger partial charge in [0.05, 0.1) is 6.10 Å². The second kappa shape index (κ2) is 10.2. The quantitative estimate of drug-likeness (QED) is 0.482. The molecule has 1 fully saturated rings. The summed E-state index contributed by atoms with van der Waals surface area (Å²) in [5, 5.41) is 9.99. The van der Waals surface area contributed by atoms with Crippen molar-refractivity contribution in [1.29, 1.82) is 0 Å². The fourth-order valence-electron chi connectivity index (χ4n) is 2.68. The standard InChI is InChI=1S/C16H30O3/c1-2-3-4-5-6-7-8-9-11-14(17)15-12-10-13-16(18)19-15/h14-15,17H,2-13H2,1H3/t14-,15-/m0/s1. The maximum Gasteiger partial charge on any atom is 0.306 e. The third-order valence-electron chi connectivity index (χ3n) is 3.93. The average Bonchev–Trinajstić information content (AvgIpc) is 2.41. The maximum atomic E-state index is 11.1. The highest BCUT2D eigenvalue weighted by atomic mass is 16.6. The first-order valence-electron chi connectivity index (χ1n) is 8.11. The Kier molecular flexibility index (Phi) is 8.89. The fourth-order valence-corrected chi connectivity index (χ4v) is 2.68. The molecule has 112 valence electrons. The summed E-state index contributed by atoms with van der Waals surface area (Å²) in [6.07, 6.45) is 12.4. The van der Waals surface area contributed by atoms with Gasteiger partial charge >= 0.3 is 5.97 Å². The van der Waals surface area contributed by atoms with Crippen molar-refractivity contribution in [2.75, 3.05) is 0 Å². The molecule has 3 nitrogen and oxygen atoms in total.